The number of aliphatic hydroxyl groups excluding tert-OH is 1. The van der Waals surface area contributed by atoms with Gasteiger partial charge in [-0.05, 0) is 24.0 Å². The number of morpholine rings is 1. The number of amides is 1. The molecule has 19 heavy (non-hydrogen) atoms. The number of nitrogens with zero attached hydrogens (tertiary/aromatic N) is 1. The SMILES string of the molecule is CSCc1cccc(C(=O)N2CCOC(CO)C2)c1. The van der Waals surface area contributed by atoms with Crippen molar-refractivity contribution in [2.75, 3.05) is 32.6 Å². The zero-order valence-corrected chi connectivity index (χ0v) is 11.9. The summed E-state index contributed by atoms with van der Waals surface area (Å²) in [5.41, 5.74) is 1.87. The topological polar surface area (TPSA) is 49.8 Å². The molecule has 1 aromatic rings. The summed E-state index contributed by atoms with van der Waals surface area (Å²) in [6, 6.07) is 7.74. The van der Waals surface area contributed by atoms with Crippen LogP contribution in [0.3, 0.4) is 0 Å². The maximum atomic E-state index is 12.4. The Hall–Kier alpha value is -1.04. The lowest BCUT2D eigenvalue weighted by molar-refractivity contribution is -0.0447. The van der Waals surface area contributed by atoms with Gasteiger partial charge in [-0.1, -0.05) is 12.1 Å². The van der Waals surface area contributed by atoms with Crippen LogP contribution in [0.1, 0.15) is 15.9 Å². The van der Waals surface area contributed by atoms with Crippen molar-refractivity contribution in [1.29, 1.82) is 0 Å². The van der Waals surface area contributed by atoms with E-state index in [9.17, 15) is 4.79 Å². The molecule has 1 N–H and O–H groups in total. The minimum atomic E-state index is -0.257. The van der Waals surface area contributed by atoms with E-state index in [0.29, 0.717) is 25.3 Å². The second-order valence-corrected chi connectivity index (χ2v) is 5.43. The van der Waals surface area contributed by atoms with E-state index in [1.54, 1.807) is 16.7 Å². The van der Waals surface area contributed by atoms with Gasteiger partial charge in [0.25, 0.3) is 5.91 Å². The Bertz CT molecular complexity index is 438. The van der Waals surface area contributed by atoms with Gasteiger partial charge in [0.05, 0.1) is 19.3 Å². The zero-order chi connectivity index (χ0) is 13.7. The van der Waals surface area contributed by atoms with Crippen molar-refractivity contribution >= 4 is 17.7 Å². The molecule has 1 heterocycles. The number of benzene rings is 1. The lowest BCUT2D eigenvalue weighted by atomic mass is 10.1. The highest BCUT2D eigenvalue weighted by molar-refractivity contribution is 7.97. The quantitative estimate of drug-likeness (QED) is 0.906. The van der Waals surface area contributed by atoms with Crippen molar-refractivity contribution in [3.63, 3.8) is 0 Å². The average Bonchev–Trinajstić information content (AvgIpc) is 2.47. The van der Waals surface area contributed by atoms with Gasteiger partial charge in [-0.15, -0.1) is 0 Å². The van der Waals surface area contributed by atoms with Crippen LogP contribution in [0.25, 0.3) is 0 Å². The van der Waals surface area contributed by atoms with E-state index < -0.39 is 0 Å². The molecule has 0 bridgehead atoms. The molecule has 1 saturated heterocycles. The van der Waals surface area contributed by atoms with Crippen molar-refractivity contribution in [1.82, 2.24) is 4.90 Å². The number of carbonyl (C=O) groups is 1. The van der Waals surface area contributed by atoms with Gasteiger partial charge >= 0.3 is 0 Å². The molecule has 1 amide bonds. The van der Waals surface area contributed by atoms with E-state index in [-0.39, 0.29) is 18.6 Å². The Labute approximate surface area is 117 Å². The summed E-state index contributed by atoms with van der Waals surface area (Å²) >= 11 is 1.74. The standard InChI is InChI=1S/C14H19NO3S/c1-19-10-11-3-2-4-12(7-11)14(17)15-5-6-18-13(8-15)9-16/h2-4,7,13,16H,5-6,8-10H2,1H3. The molecule has 5 heteroatoms. The first-order chi connectivity index (χ1) is 9.24. The molecule has 0 aliphatic carbocycles. The molecular formula is C14H19NO3S. The first-order valence-electron chi connectivity index (χ1n) is 6.34. The van der Waals surface area contributed by atoms with Crippen LogP contribution in [0.5, 0.6) is 0 Å². The number of thioether (sulfide) groups is 1. The van der Waals surface area contributed by atoms with E-state index in [1.807, 2.05) is 30.5 Å². The van der Waals surface area contributed by atoms with Gasteiger partial charge in [0.15, 0.2) is 0 Å². The highest BCUT2D eigenvalue weighted by Gasteiger charge is 2.24. The molecular weight excluding hydrogens is 262 g/mol. The Morgan fingerprint density at radius 3 is 3.16 bits per heavy atom. The predicted octanol–water partition coefficient (Wildman–Crippen LogP) is 1.38. The van der Waals surface area contributed by atoms with Gasteiger partial charge in [0, 0.05) is 24.4 Å². The fourth-order valence-electron chi connectivity index (χ4n) is 2.16. The van der Waals surface area contributed by atoms with Crippen LogP contribution in [0.2, 0.25) is 0 Å². The van der Waals surface area contributed by atoms with Crippen molar-refractivity contribution in [3.8, 4) is 0 Å². The normalized spacial score (nSPS) is 19.5. The summed E-state index contributed by atoms with van der Waals surface area (Å²) in [7, 11) is 0. The molecule has 1 unspecified atom stereocenters. The second-order valence-electron chi connectivity index (χ2n) is 4.56. The van der Waals surface area contributed by atoms with Gasteiger partial charge in [-0.2, -0.15) is 11.8 Å². The van der Waals surface area contributed by atoms with Gasteiger partial charge in [-0.25, -0.2) is 0 Å². The third-order valence-corrected chi connectivity index (χ3v) is 3.74. The molecule has 1 fully saturated rings. The average molecular weight is 281 g/mol. The minimum Gasteiger partial charge on any atom is -0.394 e. The third-order valence-electron chi connectivity index (χ3n) is 3.11. The Morgan fingerprint density at radius 2 is 2.42 bits per heavy atom. The Balaban J connectivity index is 2.08. The molecule has 0 radical (unpaired) electrons. The first kappa shape index (κ1) is 14.4. The van der Waals surface area contributed by atoms with E-state index in [0.717, 1.165) is 11.3 Å². The molecule has 1 aliphatic rings. The van der Waals surface area contributed by atoms with Gasteiger partial charge < -0.3 is 14.7 Å². The second kappa shape index (κ2) is 6.93. The van der Waals surface area contributed by atoms with Crippen LogP contribution in [0.4, 0.5) is 0 Å². The van der Waals surface area contributed by atoms with Crippen molar-refractivity contribution in [3.05, 3.63) is 35.4 Å². The molecule has 104 valence electrons. The highest BCUT2D eigenvalue weighted by Crippen LogP contribution is 2.15. The fraction of sp³-hybridized carbons (Fsp3) is 0.500. The molecule has 4 nitrogen and oxygen atoms in total. The molecule has 0 spiro atoms. The highest BCUT2D eigenvalue weighted by atomic mass is 32.2. The molecule has 1 aromatic carbocycles. The summed E-state index contributed by atoms with van der Waals surface area (Å²) in [5.74, 6) is 0.924. The molecule has 1 atom stereocenters. The summed E-state index contributed by atoms with van der Waals surface area (Å²) < 4.78 is 5.36. The number of ether oxygens (including phenoxy) is 1. The molecule has 0 saturated carbocycles. The Kier molecular flexibility index (Phi) is 5.24. The first-order valence-corrected chi connectivity index (χ1v) is 7.73. The number of hydrogen-bond acceptors (Lipinski definition) is 4. The van der Waals surface area contributed by atoms with Crippen molar-refractivity contribution in [2.45, 2.75) is 11.9 Å². The van der Waals surface area contributed by atoms with Crippen LogP contribution >= 0.6 is 11.8 Å². The Morgan fingerprint density at radius 1 is 1.58 bits per heavy atom. The number of hydrogen-bond donors (Lipinski definition) is 1. The summed E-state index contributed by atoms with van der Waals surface area (Å²) in [5, 5.41) is 9.11. The lowest BCUT2D eigenvalue weighted by Gasteiger charge is -2.32. The molecule has 0 aromatic heterocycles. The largest absolute Gasteiger partial charge is 0.394 e. The minimum absolute atomic E-state index is 0.0182. The van der Waals surface area contributed by atoms with Crippen LogP contribution in [0.15, 0.2) is 24.3 Å². The number of rotatable bonds is 4. The summed E-state index contributed by atoms with van der Waals surface area (Å²) in [6.07, 6.45) is 1.79. The van der Waals surface area contributed by atoms with Crippen LogP contribution in [-0.2, 0) is 10.5 Å². The number of aliphatic hydroxyl groups is 1. The molecule has 1 aliphatic heterocycles. The number of carbonyl (C=O) groups excluding carboxylic acids is 1. The van der Waals surface area contributed by atoms with Crippen LogP contribution in [0, 0.1) is 0 Å². The van der Waals surface area contributed by atoms with E-state index >= 15 is 0 Å². The van der Waals surface area contributed by atoms with Gasteiger partial charge in [-0.3, -0.25) is 4.79 Å². The maximum Gasteiger partial charge on any atom is 0.254 e. The van der Waals surface area contributed by atoms with Crippen molar-refractivity contribution < 1.29 is 14.6 Å². The summed E-state index contributed by atoms with van der Waals surface area (Å²) in [4.78, 5) is 14.2. The smallest absolute Gasteiger partial charge is 0.254 e. The van der Waals surface area contributed by atoms with Crippen molar-refractivity contribution in [2.24, 2.45) is 0 Å². The van der Waals surface area contributed by atoms with Crippen LogP contribution in [-0.4, -0.2) is 54.6 Å². The lowest BCUT2D eigenvalue weighted by Crippen LogP contribution is -2.46. The van der Waals surface area contributed by atoms with E-state index in [1.165, 1.54) is 0 Å². The zero-order valence-electron chi connectivity index (χ0n) is 11.0. The molecule has 2 rings (SSSR count). The third kappa shape index (κ3) is 3.72. The summed E-state index contributed by atoms with van der Waals surface area (Å²) in [6.45, 7) is 1.49. The maximum absolute atomic E-state index is 12.4. The van der Waals surface area contributed by atoms with Gasteiger partial charge in [0.1, 0.15) is 0 Å². The van der Waals surface area contributed by atoms with E-state index in [4.69, 9.17) is 9.84 Å². The van der Waals surface area contributed by atoms with Gasteiger partial charge in [0.2, 0.25) is 0 Å². The fourth-order valence-corrected chi connectivity index (χ4v) is 2.67. The predicted molar refractivity (Wildman–Crippen MR) is 76.4 cm³/mol. The van der Waals surface area contributed by atoms with Crippen LogP contribution < -0.4 is 0 Å². The van der Waals surface area contributed by atoms with E-state index in [2.05, 4.69) is 0 Å². The monoisotopic (exact) mass is 281 g/mol.